The molecular weight excluding hydrogens is 253 g/mol. The highest BCUT2D eigenvalue weighted by Gasteiger charge is 2.06. The molecule has 0 atom stereocenters. The summed E-state index contributed by atoms with van der Waals surface area (Å²) >= 11 is 1.55. The molecule has 0 spiro atoms. The molecule has 0 aliphatic rings. The van der Waals surface area contributed by atoms with Crippen LogP contribution in [0.25, 0.3) is 4.96 Å². The molecule has 18 heavy (non-hydrogen) atoms. The number of fused-ring (bicyclic) bond motifs is 1. The summed E-state index contributed by atoms with van der Waals surface area (Å²) in [7, 11) is 0. The Morgan fingerprint density at radius 2 is 2.33 bits per heavy atom. The quantitative estimate of drug-likeness (QED) is 0.739. The van der Waals surface area contributed by atoms with E-state index < -0.39 is 0 Å². The van der Waals surface area contributed by atoms with Crippen LogP contribution >= 0.6 is 11.3 Å². The molecule has 0 bridgehead atoms. The molecule has 0 fully saturated rings. The van der Waals surface area contributed by atoms with Crippen molar-refractivity contribution in [3.05, 3.63) is 47.5 Å². The van der Waals surface area contributed by atoms with E-state index in [0.29, 0.717) is 11.4 Å². The first-order valence-corrected chi connectivity index (χ1v) is 6.19. The Kier molecular flexibility index (Phi) is 2.64. The van der Waals surface area contributed by atoms with Crippen LogP contribution in [0.3, 0.4) is 0 Å². The number of nitrogens with two attached hydrogens (primary N) is 1. The van der Waals surface area contributed by atoms with Crippen LogP contribution in [-0.4, -0.2) is 9.38 Å². The molecule has 3 aromatic rings. The van der Waals surface area contributed by atoms with E-state index in [1.165, 1.54) is 18.2 Å². The number of nitrogen functional groups attached to an aromatic ring is 1. The fourth-order valence-electron chi connectivity index (χ4n) is 1.63. The topological polar surface area (TPSA) is 52.5 Å². The number of anilines is 1. The van der Waals surface area contributed by atoms with Crippen LogP contribution in [0.15, 0.2) is 36.0 Å². The number of thiazole rings is 1. The Balaban J connectivity index is 1.77. The number of halogens is 1. The summed E-state index contributed by atoms with van der Waals surface area (Å²) in [5.74, 6) is -0.0311. The van der Waals surface area contributed by atoms with Gasteiger partial charge >= 0.3 is 0 Å². The number of hydrogen-bond acceptors (Lipinski definition) is 4. The van der Waals surface area contributed by atoms with E-state index in [0.717, 1.165) is 10.7 Å². The lowest BCUT2D eigenvalue weighted by atomic mass is 10.3. The van der Waals surface area contributed by atoms with Gasteiger partial charge in [0.2, 0.25) is 0 Å². The second kappa shape index (κ2) is 4.30. The maximum atomic E-state index is 13.0. The average Bonchev–Trinajstić information content (AvgIpc) is 2.90. The number of rotatable bonds is 3. The first-order chi connectivity index (χ1) is 8.72. The zero-order valence-corrected chi connectivity index (χ0v) is 10.2. The third-order valence-corrected chi connectivity index (χ3v) is 3.27. The van der Waals surface area contributed by atoms with Gasteiger partial charge in [-0.1, -0.05) is 0 Å². The van der Waals surface area contributed by atoms with Crippen LogP contribution in [0.4, 0.5) is 10.1 Å². The van der Waals surface area contributed by atoms with E-state index in [2.05, 4.69) is 4.98 Å². The molecule has 92 valence electrons. The highest BCUT2D eigenvalue weighted by Crippen LogP contribution is 2.23. The van der Waals surface area contributed by atoms with Crippen molar-refractivity contribution in [2.24, 2.45) is 0 Å². The molecule has 4 nitrogen and oxygen atoms in total. The predicted octanol–water partition coefficient (Wildman–Crippen LogP) is 2.70. The maximum Gasteiger partial charge on any atom is 0.193 e. The number of nitrogens with zero attached hydrogens (tertiary/aromatic N) is 2. The first-order valence-electron chi connectivity index (χ1n) is 5.31. The minimum absolute atomic E-state index is 0.266. The normalized spacial score (nSPS) is 10.9. The van der Waals surface area contributed by atoms with Crippen molar-refractivity contribution < 1.29 is 9.13 Å². The smallest absolute Gasteiger partial charge is 0.193 e. The summed E-state index contributed by atoms with van der Waals surface area (Å²) in [6.45, 7) is 0.266. The molecule has 0 radical (unpaired) electrons. The summed E-state index contributed by atoms with van der Waals surface area (Å²) in [6, 6.07) is 4.05. The summed E-state index contributed by atoms with van der Waals surface area (Å²) in [6.07, 6.45) is 3.80. The molecule has 3 rings (SSSR count). The van der Waals surface area contributed by atoms with Crippen molar-refractivity contribution in [2.75, 3.05) is 5.73 Å². The minimum Gasteiger partial charge on any atom is -0.485 e. The van der Waals surface area contributed by atoms with Crippen LogP contribution in [0.2, 0.25) is 0 Å². The number of hydrogen-bond donors (Lipinski definition) is 1. The molecule has 0 saturated heterocycles. The van der Waals surface area contributed by atoms with E-state index >= 15 is 0 Å². The number of imidazole rings is 1. The lowest BCUT2D eigenvalue weighted by Gasteiger charge is -2.06. The molecule has 6 heteroatoms. The van der Waals surface area contributed by atoms with Gasteiger partial charge in [-0.25, -0.2) is 9.37 Å². The Morgan fingerprint density at radius 3 is 3.17 bits per heavy atom. The van der Waals surface area contributed by atoms with Gasteiger partial charge in [0.05, 0.1) is 11.4 Å². The summed E-state index contributed by atoms with van der Waals surface area (Å²) in [4.78, 5) is 5.27. The van der Waals surface area contributed by atoms with E-state index in [-0.39, 0.29) is 12.4 Å². The summed E-state index contributed by atoms with van der Waals surface area (Å²) in [5.41, 5.74) is 6.89. The SMILES string of the molecule is Nc1ccc(F)cc1OCc1cn2ccsc2n1. The Labute approximate surface area is 106 Å². The molecule has 2 heterocycles. The van der Waals surface area contributed by atoms with Crippen LogP contribution in [0.1, 0.15) is 5.69 Å². The average molecular weight is 263 g/mol. The Hall–Kier alpha value is -2.08. The van der Waals surface area contributed by atoms with Crippen molar-refractivity contribution >= 4 is 22.0 Å². The van der Waals surface area contributed by atoms with Crippen molar-refractivity contribution in [3.63, 3.8) is 0 Å². The molecule has 0 aliphatic heterocycles. The van der Waals surface area contributed by atoms with Crippen LogP contribution < -0.4 is 10.5 Å². The van der Waals surface area contributed by atoms with E-state index in [4.69, 9.17) is 10.5 Å². The minimum atomic E-state index is -0.370. The second-order valence-electron chi connectivity index (χ2n) is 3.80. The molecule has 1 aromatic carbocycles. The zero-order valence-electron chi connectivity index (χ0n) is 9.34. The van der Waals surface area contributed by atoms with E-state index in [1.807, 2.05) is 22.2 Å². The fourth-order valence-corrected chi connectivity index (χ4v) is 2.35. The van der Waals surface area contributed by atoms with E-state index in [1.54, 1.807) is 11.3 Å². The highest BCUT2D eigenvalue weighted by atomic mass is 32.1. The van der Waals surface area contributed by atoms with Gasteiger partial charge in [-0.05, 0) is 12.1 Å². The Bertz CT molecular complexity index is 663. The third kappa shape index (κ3) is 2.02. The lowest BCUT2D eigenvalue weighted by molar-refractivity contribution is 0.302. The van der Waals surface area contributed by atoms with Crippen molar-refractivity contribution in [3.8, 4) is 5.75 Å². The monoisotopic (exact) mass is 263 g/mol. The van der Waals surface area contributed by atoms with Crippen LogP contribution in [0.5, 0.6) is 5.75 Å². The number of ether oxygens (including phenoxy) is 1. The molecule has 2 N–H and O–H groups in total. The Morgan fingerprint density at radius 1 is 1.44 bits per heavy atom. The predicted molar refractivity (Wildman–Crippen MR) is 68.2 cm³/mol. The summed E-state index contributed by atoms with van der Waals surface area (Å²) < 4.78 is 20.4. The molecule has 0 aliphatic carbocycles. The van der Waals surface area contributed by atoms with Crippen molar-refractivity contribution in [1.82, 2.24) is 9.38 Å². The van der Waals surface area contributed by atoms with Crippen LogP contribution in [0, 0.1) is 5.82 Å². The molecule has 0 unspecified atom stereocenters. The number of aromatic nitrogens is 2. The highest BCUT2D eigenvalue weighted by molar-refractivity contribution is 7.15. The molecular formula is C12H10FN3OS. The first kappa shape index (κ1) is 11.0. The lowest BCUT2D eigenvalue weighted by Crippen LogP contribution is -1.99. The van der Waals surface area contributed by atoms with Gasteiger partial charge < -0.3 is 10.5 Å². The fraction of sp³-hybridized carbons (Fsp3) is 0.0833. The van der Waals surface area contributed by atoms with Gasteiger partial charge in [0.25, 0.3) is 0 Å². The third-order valence-electron chi connectivity index (χ3n) is 2.49. The van der Waals surface area contributed by atoms with Crippen molar-refractivity contribution in [1.29, 1.82) is 0 Å². The molecule has 0 saturated carbocycles. The molecule has 2 aromatic heterocycles. The van der Waals surface area contributed by atoms with E-state index in [9.17, 15) is 4.39 Å². The van der Waals surface area contributed by atoms with Gasteiger partial charge in [-0.3, -0.25) is 4.40 Å². The van der Waals surface area contributed by atoms with Crippen molar-refractivity contribution in [2.45, 2.75) is 6.61 Å². The van der Waals surface area contributed by atoms with Gasteiger partial charge in [-0.2, -0.15) is 0 Å². The maximum absolute atomic E-state index is 13.0. The zero-order chi connectivity index (χ0) is 12.5. The van der Waals surface area contributed by atoms with Gasteiger partial charge in [-0.15, -0.1) is 11.3 Å². The second-order valence-corrected chi connectivity index (χ2v) is 4.67. The standard InChI is InChI=1S/C12H10FN3OS/c13-8-1-2-10(14)11(5-8)17-7-9-6-16-3-4-18-12(16)15-9/h1-6H,7,14H2. The van der Waals surface area contributed by atoms with Gasteiger partial charge in [0.15, 0.2) is 4.96 Å². The number of benzene rings is 1. The largest absolute Gasteiger partial charge is 0.485 e. The van der Waals surface area contributed by atoms with Crippen LogP contribution in [-0.2, 0) is 6.61 Å². The van der Waals surface area contributed by atoms with Gasteiger partial charge in [0, 0.05) is 23.8 Å². The molecule has 0 amide bonds. The van der Waals surface area contributed by atoms with Gasteiger partial charge in [0.1, 0.15) is 18.2 Å². The summed E-state index contributed by atoms with van der Waals surface area (Å²) in [5, 5.41) is 1.96.